The van der Waals surface area contributed by atoms with Gasteiger partial charge in [-0.05, 0) is 18.1 Å². The van der Waals surface area contributed by atoms with Crippen LogP contribution in [-0.4, -0.2) is 25.4 Å². The highest BCUT2D eigenvalue weighted by atomic mass is 16.5. The number of ether oxygens (including phenoxy) is 2. The Morgan fingerprint density at radius 2 is 2.07 bits per heavy atom. The van der Waals surface area contributed by atoms with Crippen LogP contribution in [0.1, 0.15) is 17.2 Å². The number of methoxy groups -OCH3 is 2. The Kier molecular flexibility index (Phi) is 2.54. The summed E-state index contributed by atoms with van der Waals surface area (Å²) in [6, 6.07) is 3.37. The number of nitrogens with two attached hydrogens (primary N) is 1. The Morgan fingerprint density at radius 3 is 2.67 bits per heavy atom. The Bertz CT molecular complexity index is 378. The largest absolute Gasteiger partial charge is 0.497 e. The molecule has 0 aliphatic heterocycles. The summed E-state index contributed by atoms with van der Waals surface area (Å²) in [6.07, 6.45) is 0.0212. The van der Waals surface area contributed by atoms with Crippen LogP contribution in [-0.2, 0) is 6.42 Å². The van der Waals surface area contributed by atoms with Gasteiger partial charge in [-0.2, -0.15) is 0 Å². The molecule has 0 heterocycles. The lowest BCUT2D eigenvalue weighted by atomic mass is 10.1. The standard InChI is InChI=1S/C11H15NO3/c1-14-6-3-8-7(10(4-6)15-2)5-9(12)11(8)13/h3-4,9,11,13H,5,12H2,1-2H3. The smallest absolute Gasteiger partial charge is 0.126 e. The van der Waals surface area contributed by atoms with E-state index in [0.29, 0.717) is 12.2 Å². The first-order chi connectivity index (χ1) is 7.17. The van der Waals surface area contributed by atoms with Crippen LogP contribution in [0.4, 0.5) is 0 Å². The number of fused-ring (bicyclic) bond motifs is 1. The Morgan fingerprint density at radius 1 is 1.33 bits per heavy atom. The van der Waals surface area contributed by atoms with E-state index in [2.05, 4.69) is 0 Å². The average molecular weight is 209 g/mol. The summed E-state index contributed by atoms with van der Waals surface area (Å²) < 4.78 is 10.4. The lowest BCUT2D eigenvalue weighted by molar-refractivity contribution is 0.159. The monoisotopic (exact) mass is 209 g/mol. The first-order valence-corrected chi connectivity index (χ1v) is 4.85. The summed E-state index contributed by atoms with van der Waals surface area (Å²) in [5, 5.41) is 9.85. The van der Waals surface area contributed by atoms with Gasteiger partial charge in [-0.1, -0.05) is 0 Å². The van der Waals surface area contributed by atoms with Crippen LogP contribution in [0.25, 0.3) is 0 Å². The van der Waals surface area contributed by atoms with Gasteiger partial charge in [-0.25, -0.2) is 0 Å². The fourth-order valence-electron chi connectivity index (χ4n) is 2.00. The van der Waals surface area contributed by atoms with Crippen molar-refractivity contribution in [1.82, 2.24) is 0 Å². The van der Waals surface area contributed by atoms with Crippen molar-refractivity contribution in [2.45, 2.75) is 18.6 Å². The molecule has 4 nitrogen and oxygen atoms in total. The zero-order chi connectivity index (χ0) is 11.0. The van der Waals surface area contributed by atoms with Crippen molar-refractivity contribution in [3.63, 3.8) is 0 Å². The molecule has 2 rings (SSSR count). The number of rotatable bonds is 2. The second-order valence-corrected chi connectivity index (χ2v) is 3.71. The predicted octanol–water partition coefficient (Wildman–Crippen LogP) is 0.621. The van der Waals surface area contributed by atoms with Crippen molar-refractivity contribution in [3.8, 4) is 11.5 Å². The van der Waals surface area contributed by atoms with Crippen LogP contribution in [0.3, 0.4) is 0 Å². The summed E-state index contributed by atoms with van der Waals surface area (Å²) in [5.74, 6) is 1.41. The number of aliphatic hydroxyl groups excluding tert-OH is 1. The van der Waals surface area contributed by atoms with Gasteiger partial charge >= 0.3 is 0 Å². The molecule has 0 spiro atoms. The van der Waals surface area contributed by atoms with Gasteiger partial charge in [0.25, 0.3) is 0 Å². The topological polar surface area (TPSA) is 64.7 Å². The molecule has 0 fully saturated rings. The lowest BCUT2D eigenvalue weighted by Crippen LogP contribution is -2.24. The van der Waals surface area contributed by atoms with E-state index in [4.69, 9.17) is 15.2 Å². The Balaban J connectivity index is 2.52. The van der Waals surface area contributed by atoms with Crippen LogP contribution in [0.5, 0.6) is 11.5 Å². The fraction of sp³-hybridized carbons (Fsp3) is 0.455. The molecule has 0 saturated heterocycles. The molecule has 0 saturated carbocycles. The third-order valence-corrected chi connectivity index (χ3v) is 2.84. The molecule has 1 aromatic rings. The van der Waals surface area contributed by atoms with E-state index in [-0.39, 0.29) is 6.04 Å². The molecular weight excluding hydrogens is 194 g/mol. The zero-order valence-corrected chi connectivity index (χ0v) is 8.86. The minimum absolute atomic E-state index is 0.249. The molecule has 3 N–H and O–H groups in total. The van der Waals surface area contributed by atoms with Crippen molar-refractivity contribution in [3.05, 3.63) is 23.3 Å². The molecule has 1 aliphatic carbocycles. The van der Waals surface area contributed by atoms with Crippen LogP contribution in [0, 0.1) is 0 Å². The number of hydrogen-bond donors (Lipinski definition) is 2. The van der Waals surface area contributed by atoms with E-state index >= 15 is 0 Å². The van der Waals surface area contributed by atoms with Crippen molar-refractivity contribution in [2.24, 2.45) is 5.73 Å². The summed E-state index contributed by atoms with van der Waals surface area (Å²) in [7, 11) is 3.19. The van der Waals surface area contributed by atoms with Gasteiger partial charge in [0, 0.05) is 17.7 Å². The van der Waals surface area contributed by atoms with Gasteiger partial charge in [-0.3, -0.25) is 0 Å². The van der Waals surface area contributed by atoms with Gasteiger partial charge in [0.05, 0.1) is 20.3 Å². The van der Waals surface area contributed by atoms with E-state index in [0.717, 1.165) is 16.9 Å². The second kappa shape index (κ2) is 3.72. The SMILES string of the molecule is COc1cc(OC)c2c(c1)C(O)C(N)C2. The van der Waals surface area contributed by atoms with Gasteiger partial charge in [-0.15, -0.1) is 0 Å². The normalized spacial score (nSPS) is 23.7. The summed E-state index contributed by atoms with van der Waals surface area (Å²) in [5.41, 5.74) is 7.60. The maximum Gasteiger partial charge on any atom is 0.126 e. The lowest BCUT2D eigenvalue weighted by Gasteiger charge is -2.11. The average Bonchev–Trinajstić information content (AvgIpc) is 2.54. The molecule has 2 atom stereocenters. The van der Waals surface area contributed by atoms with Crippen molar-refractivity contribution < 1.29 is 14.6 Å². The third kappa shape index (κ3) is 1.56. The maximum absolute atomic E-state index is 9.85. The van der Waals surface area contributed by atoms with Gasteiger partial charge < -0.3 is 20.3 Å². The van der Waals surface area contributed by atoms with E-state index < -0.39 is 6.10 Å². The molecule has 1 aromatic carbocycles. The first kappa shape index (κ1) is 10.3. The molecule has 82 valence electrons. The number of hydrogen-bond acceptors (Lipinski definition) is 4. The van der Waals surface area contributed by atoms with Crippen molar-refractivity contribution in [1.29, 1.82) is 0 Å². The molecule has 15 heavy (non-hydrogen) atoms. The van der Waals surface area contributed by atoms with Gasteiger partial charge in [0.15, 0.2) is 0 Å². The Labute approximate surface area is 88.6 Å². The molecule has 4 heteroatoms. The molecule has 1 aliphatic rings. The Hall–Kier alpha value is -1.26. The van der Waals surface area contributed by atoms with Crippen molar-refractivity contribution in [2.75, 3.05) is 14.2 Å². The summed E-state index contributed by atoms with van der Waals surface area (Å²) in [4.78, 5) is 0. The quantitative estimate of drug-likeness (QED) is 0.749. The zero-order valence-electron chi connectivity index (χ0n) is 8.86. The molecule has 0 radical (unpaired) electrons. The van der Waals surface area contributed by atoms with Crippen LogP contribution in [0.2, 0.25) is 0 Å². The minimum atomic E-state index is -0.621. The van der Waals surface area contributed by atoms with Crippen LogP contribution in [0.15, 0.2) is 12.1 Å². The van der Waals surface area contributed by atoms with E-state index in [1.165, 1.54) is 0 Å². The third-order valence-electron chi connectivity index (χ3n) is 2.84. The molecule has 0 amide bonds. The fourth-order valence-corrected chi connectivity index (χ4v) is 2.00. The van der Waals surface area contributed by atoms with Gasteiger partial charge in [0.1, 0.15) is 11.5 Å². The van der Waals surface area contributed by atoms with Crippen LogP contribution < -0.4 is 15.2 Å². The molecule has 2 unspecified atom stereocenters. The van der Waals surface area contributed by atoms with E-state index in [9.17, 15) is 5.11 Å². The van der Waals surface area contributed by atoms with Crippen molar-refractivity contribution >= 4 is 0 Å². The highest BCUT2D eigenvalue weighted by molar-refractivity contribution is 5.51. The highest BCUT2D eigenvalue weighted by Crippen LogP contribution is 2.39. The molecule has 0 bridgehead atoms. The minimum Gasteiger partial charge on any atom is -0.497 e. The van der Waals surface area contributed by atoms with E-state index in [1.807, 2.05) is 12.1 Å². The maximum atomic E-state index is 9.85. The number of aliphatic hydroxyl groups is 1. The second-order valence-electron chi connectivity index (χ2n) is 3.71. The van der Waals surface area contributed by atoms with Crippen LogP contribution >= 0.6 is 0 Å². The first-order valence-electron chi connectivity index (χ1n) is 4.85. The number of benzene rings is 1. The molecule has 0 aromatic heterocycles. The predicted molar refractivity (Wildman–Crippen MR) is 56.2 cm³/mol. The summed E-state index contributed by atoms with van der Waals surface area (Å²) >= 11 is 0. The molecular formula is C11H15NO3. The highest BCUT2D eigenvalue weighted by Gasteiger charge is 2.31. The summed E-state index contributed by atoms with van der Waals surface area (Å²) in [6.45, 7) is 0. The van der Waals surface area contributed by atoms with Gasteiger partial charge in [0.2, 0.25) is 0 Å². The van der Waals surface area contributed by atoms with E-state index in [1.54, 1.807) is 14.2 Å².